The van der Waals surface area contributed by atoms with Gasteiger partial charge in [-0.15, -0.1) is 6.42 Å². The maximum Gasteiger partial charge on any atom is 0.408 e. The number of carbonyl (C=O) groups excluding carboxylic acids is 3. The van der Waals surface area contributed by atoms with Crippen molar-refractivity contribution in [1.29, 1.82) is 0 Å². The number of nitrogens with one attached hydrogen (secondary N) is 2. The molecule has 2 N–H and O–H groups in total. The molecule has 8 heteroatoms. The second-order valence-corrected chi connectivity index (χ2v) is 10.9. The van der Waals surface area contributed by atoms with E-state index >= 15 is 0 Å². The van der Waals surface area contributed by atoms with Crippen LogP contribution in [0.1, 0.15) is 76.5 Å². The van der Waals surface area contributed by atoms with Crippen molar-refractivity contribution < 1.29 is 19.1 Å². The van der Waals surface area contributed by atoms with Gasteiger partial charge in [0.2, 0.25) is 11.8 Å². The molecule has 2 rings (SSSR count). The van der Waals surface area contributed by atoms with Crippen LogP contribution in [-0.4, -0.2) is 59.5 Å². The highest BCUT2D eigenvalue weighted by Crippen LogP contribution is 2.26. The van der Waals surface area contributed by atoms with Gasteiger partial charge in [-0.1, -0.05) is 43.4 Å². The SMILES string of the molecule is C#Cc1ccccc1C(C(=O)NC1CCCCC1)N(C)C(=O)C(CCSC)NC(=O)OC(C)(C)C. The summed E-state index contributed by atoms with van der Waals surface area (Å²) in [6, 6.07) is 5.47. The molecule has 192 valence electrons. The summed E-state index contributed by atoms with van der Waals surface area (Å²) in [4.78, 5) is 41.1. The molecule has 2 atom stereocenters. The normalized spacial score (nSPS) is 15.9. The summed E-state index contributed by atoms with van der Waals surface area (Å²) in [5, 5.41) is 5.85. The molecule has 1 aliphatic rings. The average Bonchev–Trinajstić information content (AvgIpc) is 2.81. The number of carbonyl (C=O) groups is 3. The van der Waals surface area contributed by atoms with Crippen molar-refractivity contribution in [3.63, 3.8) is 0 Å². The lowest BCUT2D eigenvalue weighted by Crippen LogP contribution is -2.52. The molecule has 1 fully saturated rings. The van der Waals surface area contributed by atoms with E-state index in [0.29, 0.717) is 23.3 Å². The van der Waals surface area contributed by atoms with Crippen LogP contribution in [0.5, 0.6) is 0 Å². The first-order valence-corrected chi connectivity index (χ1v) is 13.6. The number of rotatable bonds is 9. The van der Waals surface area contributed by atoms with E-state index in [4.69, 9.17) is 11.2 Å². The average molecular weight is 502 g/mol. The molecular weight excluding hydrogens is 462 g/mol. The van der Waals surface area contributed by atoms with Crippen LogP contribution in [0, 0.1) is 12.3 Å². The lowest BCUT2D eigenvalue weighted by atomic mass is 9.93. The Balaban J connectivity index is 2.34. The minimum Gasteiger partial charge on any atom is -0.444 e. The predicted octanol–water partition coefficient (Wildman–Crippen LogP) is 4.26. The molecular formula is C27H39N3O4S. The van der Waals surface area contributed by atoms with Crippen molar-refractivity contribution in [2.24, 2.45) is 0 Å². The largest absolute Gasteiger partial charge is 0.444 e. The van der Waals surface area contributed by atoms with E-state index in [0.717, 1.165) is 25.7 Å². The van der Waals surface area contributed by atoms with Gasteiger partial charge in [0.15, 0.2) is 0 Å². The van der Waals surface area contributed by atoms with Crippen LogP contribution in [-0.2, 0) is 14.3 Å². The van der Waals surface area contributed by atoms with Crippen molar-refractivity contribution in [2.75, 3.05) is 19.1 Å². The summed E-state index contributed by atoms with van der Waals surface area (Å²) in [6.07, 6.45) is 12.6. The summed E-state index contributed by atoms with van der Waals surface area (Å²) < 4.78 is 5.37. The van der Waals surface area contributed by atoms with Crippen LogP contribution in [0.2, 0.25) is 0 Å². The predicted molar refractivity (Wildman–Crippen MR) is 141 cm³/mol. The highest BCUT2D eigenvalue weighted by atomic mass is 32.2. The number of amides is 3. The first-order valence-electron chi connectivity index (χ1n) is 12.2. The highest BCUT2D eigenvalue weighted by Gasteiger charge is 2.35. The first-order chi connectivity index (χ1) is 16.6. The fraction of sp³-hybridized carbons (Fsp3) is 0.593. The molecule has 0 saturated heterocycles. The summed E-state index contributed by atoms with van der Waals surface area (Å²) in [6.45, 7) is 5.29. The Hall–Kier alpha value is -2.66. The van der Waals surface area contributed by atoms with Crippen molar-refractivity contribution in [3.8, 4) is 12.3 Å². The van der Waals surface area contributed by atoms with Crippen molar-refractivity contribution in [2.45, 2.75) is 83.0 Å². The number of hydrogen-bond donors (Lipinski definition) is 2. The van der Waals surface area contributed by atoms with Crippen molar-refractivity contribution >= 4 is 29.7 Å². The van der Waals surface area contributed by atoms with Gasteiger partial charge in [-0.05, 0) is 63.7 Å². The molecule has 1 aromatic rings. The molecule has 1 saturated carbocycles. The molecule has 0 radical (unpaired) electrons. The fourth-order valence-corrected chi connectivity index (χ4v) is 4.71. The van der Waals surface area contributed by atoms with E-state index in [1.807, 2.05) is 12.3 Å². The zero-order valence-electron chi connectivity index (χ0n) is 21.6. The summed E-state index contributed by atoms with van der Waals surface area (Å²) in [5.41, 5.74) is 0.439. The van der Waals surface area contributed by atoms with Gasteiger partial charge in [-0.2, -0.15) is 11.8 Å². The van der Waals surface area contributed by atoms with E-state index in [1.165, 1.54) is 11.3 Å². The number of nitrogens with zero attached hydrogens (tertiary/aromatic N) is 1. The molecule has 35 heavy (non-hydrogen) atoms. The third-order valence-corrected chi connectivity index (χ3v) is 6.59. The lowest BCUT2D eigenvalue weighted by molar-refractivity contribution is -0.141. The Labute approximate surface area is 214 Å². The van der Waals surface area contributed by atoms with Crippen LogP contribution in [0.25, 0.3) is 0 Å². The van der Waals surface area contributed by atoms with Gasteiger partial charge < -0.3 is 20.3 Å². The second-order valence-electron chi connectivity index (χ2n) is 9.91. The highest BCUT2D eigenvalue weighted by molar-refractivity contribution is 7.98. The summed E-state index contributed by atoms with van der Waals surface area (Å²) in [7, 11) is 1.59. The lowest BCUT2D eigenvalue weighted by Gasteiger charge is -2.33. The smallest absolute Gasteiger partial charge is 0.408 e. The Morgan fingerprint density at radius 3 is 2.46 bits per heavy atom. The monoisotopic (exact) mass is 501 g/mol. The Morgan fingerprint density at radius 1 is 1.20 bits per heavy atom. The number of hydrogen-bond acceptors (Lipinski definition) is 5. The maximum absolute atomic E-state index is 13.7. The fourth-order valence-electron chi connectivity index (χ4n) is 4.24. The molecule has 0 heterocycles. The number of likely N-dealkylation sites (N-methyl/N-ethyl adjacent to an activating group) is 1. The molecule has 1 aliphatic carbocycles. The Morgan fingerprint density at radius 2 is 1.86 bits per heavy atom. The van der Waals surface area contributed by atoms with Gasteiger partial charge in [0.25, 0.3) is 0 Å². The third-order valence-electron chi connectivity index (χ3n) is 5.95. The molecule has 1 aromatic carbocycles. The maximum atomic E-state index is 13.7. The number of terminal acetylenes is 1. The quantitative estimate of drug-likeness (QED) is 0.494. The molecule has 3 amide bonds. The molecule has 0 aliphatic heterocycles. The van der Waals surface area contributed by atoms with Crippen molar-refractivity contribution in [1.82, 2.24) is 15.5 Å². The zero-order chi connectivity index (χ0) is 26.0. The van der Waals surface area contributed by atoms with Crippen LogP contribution >= 0.6 is 11.8 Å². The van der Waals surface area contributed by atoms with Gasteiger partial charge in [0.1, 0.15) is 17.7 Å². The molecule has 7 nitrogen and oxygen atoms in total. The number of alkyl carbamates (subject to hydrolysis) is 1. The number of benzene rings is 1. The molecule has 2 unspecified atom stereocenters. The van der Waals surface area contributed by atoms with Crippen LogP contribution in [0.3, 0.4) is 0 Å². The minimum absolute atomic E-state index is 0.0763. The minimum atomic E-state index is -0.922. The Bertz CT molecular complexity index is 916. The van der Waals surface area contributed by atoms with E-state index in [2.05, 4.69) is 16.6 Å². The first kappa shape index (κ1) is 28.6. The van der Waals surface area contributed by atoms with Gasteiger partial charge >= 0.3 is 6.09 Å². The van der Waals surface area contributed by atoms with Crippen molar-refractivity contribution in [3.05, 3.63) is 35.4 Å². The number of ether oxygens (including phenoxy) is 1. The van der Waals surface area contributed by atoms with E-state index < -0.39 is 23.8 Å². The Kier molecular flexibility index (Phi) is 11.0. The van der Waals surface area contributed by atoms with Gasteiger partial charge in [-0.3, -0.25) is 9.59 Å². The third kappa shape index (κ3) is 8.81. The van der Waals surface area contributed by atoms with Crippen LogP contribution in [0.15, 0.2) is 24.3 Å². The van der Waals surface area contributed by atoms with E-state index in [1.54, 1.807) is 57.8 Å². The molecule has 0 bridgehead atoms. The standard InChI is InChI=1S/C27H39N3O4S/c1-7-19-13-11-12-16-21(19)23(24(31)28-20-14-9-8-10-15-20)30(5)25(32)22(17-18-35-6)29-26(33)34-27(2,3)4/h1,11-13,16,20,22-23H,8-10,14-15,17-18H2,2-6H3,(H,28,31)(H,29,33). The van der Waals surface area contributed by atoms with Gasteiger partial charge in [-0.25, -0.2) is 4.79 Å². The summed E-state index contributed by atoms with van der Waals surface area (Å²) in [5.74, 6) is 2.65. The summed E-state index contributed by atoms with van der Waals surface area (Å²) >= 11 is 1.57. The van der Waals surface area contributed by atoms with E-state index in [-0.39, 0.29) is 17.9 Å². The topological polar surface area (TPSA) is 87.7 Å². The molecule has 0 aromatic heterocycles. The van der Waals surface area contributed by atoms with E-state index in [9.17, 15) is 14.4 Å². The second kappa shape index (κ2) is 13.4. The van der Waals surface area contributed by atoms with Crippen LogP contribution in [0.4, 0.5) is 4.79 Å². The number of thioether (sulfide) groups is 1. The zero-order valence-corrected chi connectivity index (χ0v) is 22.4. The molecule has 0 spiro atoms. The van der Waals surface area contributed by atoms with Crippen LogP contribution < -0.4 is 10.6 Å². The van der Waals surface area contributed by atoms with Gasteiger partial charge in [0.05, 0.1) is 0 Å². The van der Waals surface area contributed by atoms with Gasteiger partial charge in [0, 0.05) is 18.7 Å².